The molecular weight excluding hydrogens is 208 g/mol. The van der Waals surface area contributed by atoms with Crippen molar-refractivity contribution in [1.82, 2.24) is 10.2 Å². The molecule has 1 aliphatic carbocycles. The van der Waals surface area contributed by atoms with Gasteiger partial charge in [0.1, 0.15) is 0 Å². The third-order valence-corrected chi connectivity index (χ3v) is 3.53. The molecule has 1 aliphatic heterocycles. The lowest BCUT2D eigenvalue weighted by molar-refractivity contribution is -0.140. The number of rotatable bonds is 3. The molecule has 0 spiro atoms. The summed E-state index contributed by atoms with van der Waals surface area (Å²) in [7, 11) is 0. The van der Waals surface area contributed by atoms with Crippen LogP contribution in [0.5, 0.6) is 0 Å². The van der Waals surface area contributed by atoms with E-state index in [1.54, 1.807) is 0 Å². The van der Waals surface area contributed by atoms with Crippen LogP contribution in [0.3, 0.4) is 0 Å². The lowest BCUT2D eigenvalue weighted by Crippen LogP contribution is -2.57. The molecule has 16 heavy (non-hydrogen) atoms. The van der Waals surface area contributed by atoms with Crippen LogP contribution < -0.4 is 5.32 Å². The summed E-state index contributed by atoms with van der Waals surface area (Å²) in [6, 6.07) is 0.383. The van der Waals surface area contributed by atoms with Gasteiger partial charge in [0.25, 0.3) is 0 Å². The molecule has 1 saturated heterocycles. The highest BCUT2D eigenvalue weighted by Gasteiger charge is 2.34. The zero-order chi connectivity index (χ0) is 11.5. The average molecular weight is 226 g/mol. The predicted octanol–water partition coefficient (Wildman–Crippen LogP) is 0.204. The summed E-state index contributed by atoms with van der Waals surface area (Å²) in [5, 5.41) is 11.6. The minimum Gasteiger partial charge on any atom is -0.481 e. The van der Waals surface area contributed by atoms with Crippen molar-refractivity contribution in [3.05, 3.63) is 0 Å². The van der Waals surface area contributed by atoms with Gasteiger partial charge in [-0.15, -0.1) is 0 Å². The molecule has 5 heteroatoms. The highest BCUT2D eigenvalue weighted by Crippen LogP contribution is 2.26. The third-order valence-electron chi connectivity index (χ3n) is 3.53. The molecular formula is C11H18N2O3. The van der Waals surface area contributed by atoms with Gasteiger partial charge in [-0.3, -0.25) is 14.5 Å². The Morgan fingerprint density at radius 3 is 2.75 bits per heavy atom. The van der Waals surface area contributed by atoms with Crippen molar-refractivity contribution in [1.29, 1.82) is 0 Å². The van der Waals surface area contributed by atoms with E-state index in [-0.39, 0.29) is 18.4 Å². The molecule has 1 atom stereocenters. The van der Waals surface area contributed by atoms with Crippen LogP contribution in [0.2, 0.25) is 0 Å². The zero-order valence-corrected chi connectivity index (χ0v) is 9.32. The molecule has 90 valence electrons. The van der Waals surface area contributed by atoms with E-state index in [0.717, 1.165) is 12.8 Å². The number of hydrogen-bond donors (Lipinski definition) is 2. The summed E-state index contributed by atoms with van der Waals surface area (Å²) in [6.07, 6.45) is 4.72. The maximum absolute atomic E-state index is 11.4. The van der Waals surface area contributed by atoms with Crippen LogP contribution in [0.4, 0.5) is 0 Å². The lowest BCUT2D eigenvalue weighted by atomic mass is 10.1. The van der Waals surface area contributed by atoms with Gasteiger partial charge < -0.3 is 10.4 Å². The number of hydrogen-bond acceptors (Lipinski definition) is 3. The first kappa shape index (κ1) is 11.4. The van der Waals surface area contributed by atoms with Crippen molar-refractivity contribution in [2.45, 2.75) is 44.2 Å². The van der Waals surface area contributed by atoms with E-state index >= 15 is 0 Å². The van der Waals surface area contributed by atoms with E-state index in [9.17, 15) is 9.59 Å². The first-order chi connectivity index (χ1) is 7.66. The largest absolute Gasteiger partial charge is 0.481 e. The fourth-order valence-corrected chi connectivity index (χ4v) is 2.75. The van der Waals surface area contributed by atoms with Gasteiger partial charge in [-0.05, 0) is 12.8 Å². The Balaban J connectivity index is 2.02. The Hall–Kier alpha value is -1.10. The fourth-order valence-electron chi connectivity index (χ4n) is 2.75. The molecule has 5 nitrogen and oxygen atoms in total. The molecule has 0 aromatic carbocycles. The summed E-state index contributed by atoms with van der Waals surface area (Å²) in [5.74, 6) is -0.766. The summed E-state index contributed by atoms with van der Waals surface area (Å²) in [5.41, 5.74) is 0. The second-order valence-corrected chi connectivity index (χ2v) is 4.67. The van der Waals surface area contributed by atoms with Crippen LogP contribution >= 0.6 is 0 Å². The number of carboxylic acids is 1. The molecule has 0 bridgehead atoms. The monoisotopic (exact) mass is 226 g/mol. The number of nitrogens with one attached hydrogen (secondary N) is 1. The van der Waals surface area contributed by atoms with E-state index in [1.165, 1.54) is 12.8 Å². The predicted molar refractivity (Wildman–Crippen MR) is 58.0 cm³/mol. The minimum atomic E-state index is -0.788. The van der Waals surface area contributed by atoms with Gasteiger partial charge in [-0.2, -0.15) is 0 Å². The Morgan fingerprint density at radius 1 is 1.44 bits per heavy atom. The van der Waals surface area contributed by atoms with E-state index in [1.807, 2.05) is 0 Å². The Labute approximate surface area is 94.8 Å². The quantitative estimate of drug-likeness (QED) is 0.721. The van der Waals surface area contributed by atoms with E-state index in [0.29, 0.717) is 19.1 Å². The van der Waals surface area contributed by atoms with Gasteiger partial charge in [0.2, 0.25) is 5.91 Å². The standard InChI is InChI=1S/C11H18N2O3/c14-10-7-13(8-3-1-2-4-8)9(6-12-10)5-11(15)16/h8-9H,1-7H2,(H,12,14)(H,15,16). The normalized spacial score (nSPS) is 28.0. The van der Waals surface area contributed by atoms with Crippen LogP contribution in [-0.2, 0) is 9.59 Å². The highest BCUT2D eigenvalue weighted by atomic mass is 16.4. The van der Waals surface area contributed by atoms with E-state index in [2.05, 4.69) is 10.2 Å². The van der Waals surface area contributed by atoms with Crippen LogP contribution in [0.25, 0.3) is 0 Å². The molecule has 1 saturated carbocycles. The molecule has 0 aromatic heterocycles. The van der Waals surface area contributed by atoms with Crippen molar-refractivity contribution in [2.24, 2.45) is 0 Å². The third kappa shape index (κ3) is 2.52. The van der Waals surface area contributed by atoms with Gasteiger partial charge in [0, 0.05) is 18.6 Å². The number of carbonyl (C=O) groups is 2. The van der Waals surface area contributed by atoms with Crippen molar-refractivity contribution in [3.8, 4) is 0 Å². The molecule has 2 N–H and O–H groups in total. The lowest BCUT2D eigenvalue weighted by Gasteiger charge is -2.38. The maximum Gasteiger partial charge on any atom is 0.305 e. The van der Waals surface area contributed by atoms with Gasteiger partial charge >= 0.3 is 5.97 Å². The molecule has 0 aromatic rings. The van der Waals surface area contributed by atoms with Crippen molar-refractivity contribution in [2.75, 3.05) is 13.1 Å². The van der Waals surface area contributed by atoms with E-state index < -0.39 is 5.97 Å². The van der Waals surface area contributed by atoms with Gasteiger partial charge in [-0.25, -0.2) is 0 Å². The van der Waals surface area contributed by atoms with E-state index in [4.69, 9.17) is 5.11 Å². The average Bonchev–Trinajstić information content (AvgIpc) is 2.73. The molecule has 2 rings (SSSR count). The molecule has 0 radical (unpaired) electrons. The number of carboxylic acid groups (broad SMARTS) is 1. The number of nitrogens with zero attached hydrogens (tertiary/aromatic N) is 1. The number of aliphatic carboxylic acids is 1. The fraction of sp³-hybridized carbons (Fsp3) is 0.818. The van der Waals surface area contributed by atoms with Crippen molar-refractivity contribution >= 4 is 11.9 Å². The van der Waals surface area contributed by atoms with Crippen LogP contribution in [0.15, 0.2) is 0 Å². The second-order valence-electron chi connectivity index (χ2n) is 4.67. The van der Waals surface area contributed by atoms with Gasteiger partial charge in [0.05, 0.1) is 13.0 Å². The Kier molecular flexibility index (Phi) is 3.43. The topological polar surface area (TPSA) is 69.6 Å². The first-order valence-corrected chi connectivity index (χ1v) is 5.91. The number of amides is 1. The first-order valence-electron chi connectivity index (χ1n) is 5.91. The zero-order valence-electron chi connectivity index (χ0n) is 9.32. The SMILES string of the molecule is O=C(O)CC1CNC(=O)CN1C1CCCC1. The minimum absolute atomic E-state index is 0.0218. The van der Waals surface area contributed by atoms with Gasteiger partial charge in [-0.1, -0.05) is 12.8 Å². The summed E-state index contributed by atoms with van der Waals surface area (Å²) in [4.78, 5) is 24.2. The summed E-state index contributed by atoms with van der Waals surface area (Å²) in [6.45, 7) is 0.838. The molecule has 1 amide bonds. The Bertz CT molecular complexity index is 287. The second kappa shape index (κ2) is 4.82. The number of piperazine rings is 1. The summed E-state index contributed by atoms with van der Waals surface area (Å²) < 4.78 is 0. The van der Waals surface area contributed by atoms with Crippen LogP contribution in [0, 0.1) is 0 Å². The summed E-state index contributed by atoms with van der Waals surface area (Å²) >= 11 is 0. The maximum atomic E-state index is 11.4. The van der Waals surface area contributed by atoms with Crippen molar-refractivity contribution < 1.29 is 14.7 Å². The molecule has 1 unspecified atom stereocenters. The smallest absolute Gasteiger partial charge is 0.305 e. The van der Waals surface area contributed by atoms with Crippen molar-refractivity contribution in [3.63, 3.8) is 0 Å². The molecule has 1 heterocycles. The van der Waals surface area contributed by atoms with Crippen LogP contribution in [0.1, 0.15) is 32.1 Å². The molecule has 2 aliphatic rings. The van der Waals surface area contributed by atoms with Crippen LogP contribution in [-0.4, -0.2) is 47.1 Å². The molecule has 2 fully saturated rings. The number of carbonyl (C=O) groups excluding carboxylic acids is 1. The van der Waals surface area contributed by atoms with Gasteiger partial charge in [0.15, 0.2) is 0 Å². The Morgan fingerprint density at radius 2 is 2.12 bits per heavy atom. The highest BCUT2D eigenvalue weighted by molar-refractivity contribution is 5.79.